The molecule has 0 spiro atoms. The summed E-state index contributed by atoms with van der Waals surface area (Å²) >= 11 is 0. The second-order valence-electron chi connectivity index (χ2n) is 4.15. The van der Waals surface area contributed by atoms with E-state index in [-0.39, 0.29) is 5.92 Å². The van der Waals surface area contributed by atoms with E-state index in [0.29, 0.717) is 19.8 Å². The molecule has 0 bridgehead atoms. The Morgan fingerprint density at radius 2 is 2.06 bits per heavy atom. The smallest absolute Gasteiger partial charge is 0.326 e. The molecule has 1 atom stereocenters. The Morgan fingerprint density at radius 3 is 2.56 bits per heavy atom. The van der Waals surface area contributed by atoms with Gasteiger partial charge in [-0.1, -0.05) is 19.9 Å². The molecule has 6 nitrogen and oxygen atoms in total. The molecule has 0 aliphatic rings. The van der Waals surface area contributed by atoms with Crippen molar-refractivity contribution in [3.63, 3.8) is 0 Å². The van der Waals surface area contributed by atoms with Gasteiger partial charge >= 0.3 is 12.0 Å². The summed E-state index contributed by atoms with van der Waals surface area (Å²) in [5.74, 6) is -1.21. The first-order chi connectivity index (χ1) is 8.49. The molecule has 0 fully saturated rings. The number of amides is 2. The zero-order chi connectivity index (χ0) is 14.0. The maximum Gasteiger partial charge on any atom is 0.326 e. The molecule has 0 aromatic carbocycles. The molecule has 0 saturated carbocycles. The number of nitrogens with one attached hydrogen (secondary N) is 2. The third kappa shape index (κ3) is 7.67. The Bertz CT molecular complexity index is 279. The van der Waals surface area contributed by atoms with E-state index in [1.165, 1.54) is 0 Å². The molecule has 0 heterocycles. The average molecular weight is 258 g/mol. The lowest BCUT2D eigenvalue weighted by atomic mass is 10.1. The van der Waals surface area contributed by atoms with Crippen molar-refractivity contribution in [2.75, 3.05) is 19.8 Å². The third-order valence-electron chi connectivity index (χ3n) is 2.22. The third-order valence-corrected chi connectivity index (χ3v) is 2.22. The van der Waals surface area contributed by atoms with E-state index in [1.807, 2.05) is 0 Å². The van der Waals surface area contributed by atoms with Crippen LogP contribution in [0.3, 0.4) is 0 Å². The predicted molar refractivity (Wildman–Crippen MR) is 68.4 cm³/mol. The maximum absolute atomic E-state index is 11.4. The highest BCUT2D eigenvalue weighted by Gasteiger charge is 2.22. The van der Waals surface area contributed by atoms with E-state index in [4.69, 9.17) is 9.84 Å². The topological polar surface area (TPSA) is 87.7 Å². The molecule has 1 unspecified atom stereocenters. The van der Waals surface area contributed by atoms with Gasteiger partial charge in [-0.25, -0.2) is 9.59 Å². The normalized spacial score (nSPS) is 11.9. The van der Waals surface area contributed by atoms with Gasteiger partial charge in [0.15, 0.2) is 0 Å². The Morgan fingerprint density at radius 1 is 1.39 bits per heavy atom. The minimum Gasteiger partial charge on any atom is -0.480 e. The number of urea groups is 1. The van der Waals surface area contributed by atoms with E-state index >= 15 is 0 Å². The van der Waals surface area contributed by atoms with Gasteiger partial charge < -0.3 is 20.5 Å². The van der Waals surface area contributed by atoms with Crippen molar-refractivity contribution < 1.29 is 19.4 Å². The fourth-order valence-corrected chi connectivity index (χ4v) is 1.21. The molecule has 104 valence electrons. The number of hydrogen-bond donors (Lipinski definition) is 3. The predicted octanol–water partition coefficient (Wildman–Crippen LogP) is 0.988. The first-order valence-corrected chi connectivity index (χ1v) is 5.94. The molecule has 0 rings (SSSR count). The molecular formula is C12H22N2O4. The highest BCUT2D eigenvalue weighted by atomic mass is 16.5. The standard InChI is InChI=1S/C12H22N2O4/c1-4-5-7-18-8-6-13-12(17)14-10(9(2)3)11(15)16/h4,9-10H,1,5-8H2,2-3H3,(H,15,16)(H2,13,14,17). The van der Waals surface area contributed by atoms with Crippen LogP contribution in [0, 0.1) is 5.92 Å². The van der Waals surface area contributed by atoms with Gasteiger partial charge in [0.25, 0.3) is 0 Å². The van der Waals surface area contributed by atoms with Crippen LogP contribution in [0.2, 0.25) is 0 Å². The number of carboxylic acid groups (broad SMARTS) is 1. The van der Waals surface area contributed by atoms with Gasteiger partial charge in [-0.3, -0.25) is 0 Å². The number of hydrogen-bond acceptors (Lipinski definition) is 3. The molecule has 0 aliphatic carbocycles. The van der Waals surface area contributed by atoms with Crippen molar-refractivity contribution in [2.24, 2.45) is 5.92 Å². The van der Waals surface area contributed by atoms with Crippen LogP contribution in [0.1, 0.15) is 20.3 Å². The average Bonchev–Trinajstić information content (AvgIpc) is 2.29. The minimum atomic E-state index is -1.04. The zero-order valence-electron chi connectivity index (χ0n) is 10.9. The number of aliphatic carboxylic acids is 1. The second-order valence-corrected chi connectivity index (χ2v) is 4.15. The molecule has 0 aliphatic heterocycles. The van der Waals surface area contributed by atoms with Crippen molar-refractivity contribution in [3.8, 4) is 0 Å². The first-order valence-electron chi connectivity index (χ1n) is 5.94. The van der Waals surface area contributed by atoms with Gasteiger partial charge in [0.05, 0.1) is 13.2 Å². The van der Waals surface area contributed by atoms with Crippen LogP contribution in [-0.4, -0.2) is 42.9 Å². The van der Waals surface area contributed by atoms with Gasteiger partial charge in [-0.2, -0.15) is 0 Å². The Hall–Kier alpha value is -1.56. The summed E-state index contributed by atoms with van der Waals surface area (Å²) in [6.45, 7) is 8.32. The minimum absolute atomic E-state index is 0.169. The summed E-state index contributed by atoms with van der Waals surface area (Å²) in [5.41, 5.74) is 0. The van der Waals surface area contributed by atoms with E-state index in [0.717, 1.165) is 6.42 Å². The van der Waals surface area contributed by atoms with Crippen LogP contribution < -0.4 is 10.6 Å². The van der Waals surface area contributed by atoms with Crippen LogP contribution in [0.25, 0.3) is 0 Å². The van der Waals surface area contributed by atoms with E-state index < -0.39 is 18.0 Å². The van der Waals surface area contributed by atoms with E-state index in [1.54, 1.807) is 19.9 Å². The molecule has 0 aromatic heterocycles. The summed E-state index contributed by atoms with van der Waals surface area (Å²) in [5, 5.41) is 13.8. The first kappa shape index (κ1) is 16.4. The van der Waals surface area contributed by atoms with Crippen molar-refractivity contribution in [1.29, 1.82) is 0 Å². The van der Waals surface area contributed by atoms with E-state index in [9.17, 15) is 9.59 Å². The molecule has 0 aromatic rings. The summed E-state index contributed by atoms with van der Waals surface area (Å²) < 4.78 is 5.19. The van der Waals surface area contributed by atoms with Crippen LogP contribution in [0.5, 0.6) is 0 Å². The zero-order valence-corrected chi connectivity index (χ0v) is 10.9. The lowest BCUT2D eigenvalue weighted by Crippen LogP contribution is -2.49. The Balaban J connectivity index is 3.75. The van der Waals surface area contributed by atoms with Crippen molar-refractivity contribution in [3.05, 3.63) is 12.7 Å². The Labute approximate surface area is 107 Å². The van der Waals surface area contributed by atoms with Crippen LogP contribution in [-0.2, 0) is 9.53 Å². The highest BCUT2D eigenvalue weighted by Crippen LogP contribution is 2.00. The molecule has 6 heteroatoms. The molecule has 0 radical (unpaired) electrons. The van der Waals surface area contributed by atoms with Crippen LogP contribution >= 0.6 is 0 Å². The lowest BCUT2D eigenvalue weighted by Gasteiger charge is -2.18. The van der Waals surface area contributed by atoms with Crippen LogP contribution in [0.15, 0.2) is 12.7 Å². The highest BCUT2D eigenvalue weighted by molar-refractivity contribution is 5.82. The molecule has 18 heavy (non-hydrogen) atoms. The number of ether oxygens (including phenoxy) is 1. The maximum atomic E-state index is 11.4. The largest absolute Gasteiger partial charge is 0.480 e. The molecular weight excluding hydrogens is 236 g/mol. The number of carbonyl (C=O) groups is 2. The summed E-state index contributed by atoms with van der Waals surface area (Å²) in [7, 11) is 0. The fraction of sp³-hybridized carbons (Fsp3) is 0.667. The van der Waals surface area contributed by atoms with Crippen molar-refractivity contribution >= 4 is 12.0 Å². The van der Waals surface area contributed by atoms with Gasteiger partial charge in [-0.05, 0) is 12.3 Å². The number of carbonyl (C=O) groups excluding carboxylic acids is 1. The molecule has 3 N–H and O–H groups in total. The fourth-order valence-electron chi connectivity index (χ4n) is 1.21. The van der Waals surface area contributed by atoms with Crippen LogP contribution in [0.4, 0.5) is 4.79 Å². The SMILES string of the molecule is C=CCCOCCNC(=O)NC(C(=O)O)C(C)C. The second kappa shape index (κ2) is 9.47. The number of carboxylic acids is 1. The Kier molecular flexibility index (Phi) is 8.65. The number of rotatable bonds is 9. The molecule has 2 amide bonds. The quantitative estimate of drug-likeness (QED) is 0.425. The van der Waals surface area contributed by atoms with Gasteiger partial charge in [0, 0.05) is 6.54 Å². The van der Waals surface area contributed by atoms with Gasteiger partial charge in [0.1, 0.15) is 6.04 Å². The van der Waals surface area contributed by atoms with E-state index in [2.05, 4.69) is 17.2 Å². The monoisotopic (exact) mass is 258 g/mol. The summed E-state index contributed by atoms with van der Waals surface area (Å²) in [6, 6.07) is -1.38. The molecule has 0 saturated heterocycles. The van der Waals surface area contributed by atoms with Gasteiger partial charge in [-0.15, -0.1) is 6.58 Å². The lowest BCUT2D eigenvalue weighted by molar-refractivity contribution is -0.140. The summed E-state index contributed by atoms with van der Waals surface area (Å²) in [4.78, 5) is 22.2. The van der Waals surface area contributed by atoms with Gasteiger partial charge in [0.2, 0.25) is 0 Å². The summed E-state index contributed by atoms with van der Waals surface area (Å²) in [6.07, 6.45) is 2.51. The van der Waals surface area contributed by atoms with Crippen molar-refractivity contribution in [1.82, 2.24) is 10.6 Å². The van der Waals surface area contributed by atoms with Crippen molar-refractivity contribution in [2.45, 2.75) is 26.3 Å².